The van der Waals surface area contributed by atoms with Crippen LogP contribution in [0.4, 0.5) is 10.1 Å². The highest BCUT2D eigenvalue weighted by Crippen LogP contribution is 2.30. The summed E-state index contributed by atoms with van der Waals surface area (Å²) in [5.74, 6) is 0.695. The van der Waals surface area contributed by atoms with Crippen molar-refractivity contribution in [2.45, 2.75) is 38.6 Å². The third kappa shape index (κ3) is 2.71. The average Bonchev–Trinajstić information content (AvgIpc) is 2.65. The largest absolute Gasteiger partial charge is 0.382 e. The zero-order valence-electron chi connectivity index (χ0n) is 9.17. The van der Waals surface area contributed by atoms with E-state index < -0.39 is 0 Å². The fourth-order valence-corrected chi connectivity index (χ4v) is 2.39. The van der Waals surface area contributed by atoms with E-state index in [1.165, 1.54) is 31.7 Å². The van der Waals surface area contributed by atoms with Crippen molar-refractivity contribution in [3.8, 4) is 0 Å². The third-order valence-electron chi connectivity index (χ3n) is 3.31. The van der Waals surface area contributed by atoms with Gasteiger partial charge in [-0.15, -0.1) is 0 Å². The van der Waals surface area contributed by atoms with Crippen LogP contribution in [0, 0.1) is 11.7 Å². The molecule has 1 aliphatic rings. The molecule has 0 spiro atoms. The molecule has 15 heavy (non-hydrogen) atoms. The van der Waals surface area contributed by atoms with Crippen LogP contribution in [0.5, 0.6) is 0 Å². The zero-order valence-corrected chi connectivity index (χ0v) is 9.17. The Kier molecular flexibility index (Phi) is 3.24. The first-order chi connectivity index (χ1) is 7.28. The van der Waals surface area contributed by atoms with Crippen molar-refractivity contribution in [1.29, 1.82) is 0 Å². The first kappa shape index (κ1) is 10.5. The third-order valence-corrected chi connectivity index (χ3v) is 3.31. The predicted molar refractivity (Wildman–Crippen MR) is 61.4 cm³/mol. The van der Waals surface area contributed by atoms with Gasteiger partial charge >= 0.3 is 0 Å². The Morgan fingerprint density at radius 1 is 1.40 bits per heavy atom. The molecule has 82 valence electrons. The highest BCUT2D eigenvalue weighted by Gasteiger charge is 2.22. The lowest BCUT2D eigenvalue weighted by molar-refractivity contribution is 0.525. The van der Waals surface area contributed by atoms with Gasteiger partial charge in [0.25, 0.3) is 0 Å². The number of hydrogen-bond acceptors (Lipinski definition) is 1. The molecule has 0 radical (unpaired) electrons. The molecule has 0 aliphatic heterocycles. The summed E-state index contributed by atoms with van der Waals surface area (Å²) < 4.78 is 12.9. The molecule has 1 N–H and O–H groups in total. The van der Waals surface area contributed by atoms with Crippen LogP contribution >= 0.6 is 0 Å². The van der Waals surface area contributed by atoms with Gasteiger partial charge in [-0.2, -0.15) is 0 Å². The number of anilines is 1. The molecule has 1 saturated carbocycles. The molecular weight excluding hydrogens is 189 g/mol. The van der Waals surface area contributed by atoms with E-state index in [9.17, 15) is 4.39 Å². The number of hydrogen-bond donors (Lipinski definition) is 1. The minimum atomic E-state index is -0.162. The Labute approximate surface area is 90.7 Å². The highest BCUT2D eigenvalue weighted by molar-refractivity contribution is 5.44. The van der Waals surface area contributed by atoms with Gasteiger partial charge in [0.2, 0.25) is 0 Å². The Balaban J connectivity index is 1.92. The Hall–Kier alpha value is -1.05. The molecule has 1 nitrogen and oxygen atoms in total. The summed E-state index contributed by atoms with van der Waals surface area (Å²) in [6.45, 7) is 2.25. The molecule has 1 aromatic carbocycles. The molecule has 1 aromatic rings. The fourth-order valence-electron chi connectivity index (χ4n) is 2.39. The number of rotatable bonds is 3. The molecule has 2 heteroatoms. The fraction of sp³-hybridized carbons (Fsp3) is 0.538. The first-order valence-corrected chi connectivity index (χ1v) is 5.80. The van der Waals surface area contributed by atoms with Crippen LogP contribution in [-0.2, 0) is 0 Å². The van der Waals surface area contributed by atoms with Crippen molar-refractivity contribution in [3.05, 3.63) is 30.1 Å². The van der Waals surface area contributed by atoms with Crippen molar-refractivity contribution in [1.82, 2.24) is 0 Å². The van der Waals surface area contributed by atoms with E-state index in [0.717, 1.165) is 11.6 Å². The minimum absolute atomic E-state index is 0.162. The second-order valence-electron chi connectivity index (χ2n) is 4.44. The highest BCUT2D eigenvalue weighted by atomic mass is 19.1. The van der Waals surface area contributed by atoms with Crippen LogP contribution in [0.3, 0.4) is 0 Å². The first-order valence-electron chi connectivity index (χ1n) is 5.80. The standard InChI is InChI=1S/C13H18FN/c1-2-10-6-7-13(8-10)15-12-5-3-4-11(14)9-12/h3-5,9-10,13,15H,2,6-8H2,1H3. The zero-order chi connectivity index (χ0) is 10.7. The van der Waals surface area contributed by atoms with Gasteiger partial charge < -0.3 is 5.32 Å². The maximum absolute atomic E-state index is 12.9. The lowest BCUT2D eigenvalue weighted by atomic mass is 10.1. The molecular formula is C13H18FN. The summed E-state index contributed by atoms with van der Waals surface area (Å²) in [4.78, 5) is 0. The lowest BCUT2D eigenvalue weighted by Crippen LogP contribution is -2.15. The molecule has 1 aliphatic carbocycles. The molecule has 2 atom stereocenters. The molecule has 0 amide bonds. The summed E-state index contributed by atoms with van der Waals surface area (Å²) in [6.07, 6.45) is 5.02. The summed E-state index contributed by atoms with van der Waals surface area (Å²) >= 11 is 0. The van der Waals surface area contributed by atoms with Gasteiger partial charge in [-0.25, -0.2) is 4.39 Å². The van der Waals surface area contributed by atoms with Gasteiger partial charge in [0.15, 0.2) is 0 Å². The molecule has 0 saturated heterocycles. The monoisotopic (exact) mass is 207 g/mol. The van der Waals surface area contributed by atoms with Gasteiger partial charge in [-0.3, -0.25) is 0 Å². The van der Waals surface area contributed by atoms with E-state index in [4.69, 9.17) is 0 Å². The van der Waals surface area contributed by atoms with E-state index in [1.54, 1.807) is 12.1 Å². The maximum Gasteiger partial charge on any atom is 0.125 e. The van der Waals surface area contributed by atoms with E-state index in [0.29, 0.717) is 6.04 Å². The van der Waals surface area contributed by atoms with Crippen LogP contribution in [0.25, 0.3) is 0 Å². The van der Waals surface area contributed by atoms with Crippen LogP contribution in [0.1, 0.15) is 32.6 Å². The van der Waals surface area contributed by atoms with Gasteiger partial charge in [0.05, 0.1) is 0 Å². The topological polar surface area (TPSA) is 12.0 Å². The second-order valence-corrected chi connectivity index (χ2v) is 4.44. The van der Waals surface area contributed by atoms with Crippen molar-refractivity contribution < 1.29 is 4.39 Å². The average molecular weight is 207 g/mol. The number of benzene rings is 1. The molecule has 1 fully saturated rings. The van der Waals surface area contributed by atoms with Crippen LogP contribution in [0.15, 0.2) is 24.3 Å². The van der Waals surface area contributed by atoms with Crippen LogP contribution < -0.4 is 5.32 Å². The Morgan fingerprint density at radius 2 is 2.27 bits per heavy atom. The molecule has 0 bridgehead atoms. The Bertz CT molecular complexity index is 324. The van der Waals surface area contributed by atoms with Gasteiger partial charge in [0, 0.05) is 11.7 Å². The minimum Gasteiger partial charge on any atom is -0.382 e. The maximum atomic E-state index is 12.9. The SMILES string of the molecule is CCC1CCC(Nc2cccc(F)c2)C1. The van der Waals surface area contributed by atoms with Crippen LogP contribution in [-0.4, -0.2) is 6.04 Å². The molecule has 0 heterocycles. The molecule has 2 unspecified atom stereocenters. The molecule has 0 aromatic heterocycles. The molecule has 2 rings (SSSR count). The van der Waals surface area contributed by atoms with Crippen molar-refractivity contribution in [3.63, 3.8) is 0 Å². The smallest absolute Gasteiger partial charge is 0.125 e. The van der Waals surface area contributed by atoms with Crippen molar-refractivity contribution >= 4 is 5.69 Å². The second kappa shape index (κ2) is 4.65. The summed E-state index contributed by atoms with van der Waals surface area (Å²) in [5, 5.41) is 3.41. The van der Waals surface area contributed by atoms with E-state index in [-0.39, 0.29) is 5.82 Å². The number of nitrogens with one attached hydrogen (secondary N) is 1. The summed E-state index contributed by atoms with van der Waals surface area (Å²) in [7, 11) is 0. The van der Waals surface area contributed by atoms with E-state index >= 15 is 0 Å². The van der Waals surface area contributed by atoms with E-state index in [1.807, 2.05) is 6.07 Å². The van der Waals surface area contributed by atoms with Gasteiger partial charge in [-0.1, -0.05) is 19.4 Å². The van der Waals surface area contributed by atoms with E-state index in [2.05, 4.69) is 12.2 Å². The predicted octanol–water partition coefficient (Wildman–Crippen LogP) is 3.82. The number of halogens is 1. The Morgan fingerprint density at radius 3 is 2.93 bits per heavy atom. The summed E-state index contributed by atoms with van der Waals surface area (Å²) in [5.41, 5.74) is 0.914. The van der Waals surface area contributed by atoms with Crippen molar-refractivity contribution in [2.24, 2.45) is 5.92 Å². The van der Waals surface area contributed by atoms with Gasteiger partial charge in [-0.05, 0) is 43.4 Å². The quantitative estimate of drug-likeness (QED) is 0.794. The normalized spacial score (nSPS) is 25.5. The van der Waals surface area contributed by atoms with Crippen molar-refractivity contribution in [2.75, 3.05) is 5.32 Å². The lowest BCUT2D eigenvalue weighted by Gasteiger charge is -2.14. The summed E-state index contributed by atoms with van der Waals surface area (Å²) in [6, 6.07) is 7.27. The van der Waals surface area contributed by atoms with Crippen LogP contribution in [0.2, 0.25) is 0 Å². The van der Waals surface area contributed by atoms with Gasteiger partial charge in [0.1, 0.15) is 5.82 Å².